The monoisotopic (exact) mass is 568 g/mol. The lowest BCUT2D eigenvalue weighted by Gasteiger charge is -2.49. The van der Waals surface area contributed by atoms with E-state index in [2.05, 4.69) is 0 Å². The van der Waals surface area contributed by atoms with Crippen molar-refractivity contribution >= 4 is 40.9 Å². The number of benzene rings is 2. The minimum Gasteiger partial charge on any atom is -0.491 e. The molecule has 2 aliphatic heterocycles. The highest BCUT2D eigenvalue weighted by Gasteiger charge is 2.68. The second kappa shape index (κ2) is 9.50. The number of halogens is 2. The zero-order chi connectivity index (χ0) is 28.5. The van der Waals surface area contributed by atoms with Crippen LogP contribution in [0.5, 0.6) is 5.75 Å². The fraction of sp³-hybridized carbons (Fsp3) is 0.379. The molecule has 2 aromatic carbocycles. The van der Waals surface area contributed by atoms with E-state index < -0.39 is 64.5 Å². The first-order valence-corrected chi connectivity index (χ1v) is 13.4. The molecule has 40 heavy (non-hydrogen) atoms. The van der Waals surface area contributed by atoms with Crippen LogP contribution in [0.2, 0.25) is 5.02 Å². The number of amides is 4. The third kappa shape index (κ3) is 3.59. The normalized spacial score (nSPS) is 31.2. The first-order chi connectivity index (χ1) is 19.1. The predicted octanol–water partition coefficient (Wildman–Crippen LogP) is 3.47. The number of hydrogen-bond acceptors (Lipinski definition) is 7. The van der Waals surface area contributed by atoms with Crippen molar-refractivity contribution in [3.05, 3.63) is 70.5 Å². The fourth-order valence-electron chi connectivity index (χ4n) is 7.22. The maximum Gasteiger partial charge on any atom is 0.257 e. The Labute approximate surface area is 233 Å². The number of para-hydroxylation sites is 1. The fourth-order valence-corrected chi connectivity index (χ4v) is 7.39. The highest BCUT2D eigenvalue weighted by atomic mass is 35.5. The molecule has 0 aromatic heterocycles. The highest BCUT2D eigenvalue weighted by Crippen LogP contribution is 2.64. The number of anilines is 1. The molecule has 4 aliphatic rings. The van der Waals surface area contributed by atoms with Gasteiger partial charge in [0.15, 0.2) is 0 Å². The van der Waals surface area contributed by atoms with Crippen LogP contribution in [-0.2, 0) is 19.2 Å². The van der Waals surface area contributed by atoms with Gasteiger partial charge in [0.2, 0.25) is 11.8 Å². The van der Waals surface area contributed by atoms with E-state index in [4.69, 9.17) is 16.3 Å². The summed E-state index contributed by atoms with van der Waals surface area (Å²) in [6.07, 6.45) is 2.14. The van der Waals surface area contributed by atoms with E-state index in [9.17, 15) is 33.9 Å². The molecule has 6 atom stereocenters. The van der Waals surface area contributed by atoms with Crippen molar-refractivity contribution in [2.75, 3.05) is 18.1 Å². The van der Waals surface area contributed by atoms with Gasteiger partial charge in [-0.3, -0.25) is 24.4 Å². The van der Waals surface area contributed by atoms with Gasteiger partial charge in [-0.15, -0.1) is 0 Å². The van der Waals surface area contributed by atoms with Crippen LogP contribution in [-0.4, -0.2) is 52.2 Å². The van der Waals surface area contributed by atoms with Crippen LogP contribution in [0, 0.1) is 34.9 Å². The van der Waals surface area contributed by atoms with E-state index in [0.717, 1.165) is 16.5 Å². The van der Waals surface area contributed by atoms with Crippen molar-refractivity contribution < 1.29 is 38.6 Å². The Morgan fingerprint density at radius 3 is 2.55 bits per heavy atom. The molecule has 6 unspecified atom stereocenters. The van der Waals surface area contributed by atoms with Crippen LogP contribution in [0.25, 0.3) is 0 Å². The van der Waals surface area contributed by atoms with E-state index in [0.29, 0.717) is 11.3 Å². The first-order valence-electron chi connectivity index (χ1n) is 13.0. The number of aliphatic hydroxyl groups excluding tert-OH is 1. The summed E-state index contributed by atoms with van der Waals surface area (Å²) in [5.74, 6) is -6.61. The minimum atomic E-state index is -1.34. The zero-order valence-corrected chi connectivity index (χ0v) is 22.2. The molecule has 3 fully saturated rings. The van der Waals surface area contributed by atoms with E-state index in [1.54, 1.807) is 31.2 Å². The van der Waals surface area contributed by atoms with Crippen LogP contribution in [0.1, 0.15) is 31.2 Å². The van der Waals surface area contributed by atoms with Crippen LogP contribution in [0.3, 0.4) is 0 Å². The Balaban J connectivity index is 1.54. The number of aliphatic hydroxyl groups is 1. The number of carbonyl (C=O) groups excluding carboxylic acids is 4. The Morgan fingerprint density at radius 2 is 1.82 bits per heavy atom. The number of hydroxylamine groups is 2. The van der Waals surface area contributed by atoms with Crippen LogP contribution < -0.4 is 9.64 Å². The second-order valence-corrected chi connectivity index (χ2v) is 11.3. The second-order valence-electron chi connectivity index (χ2n) is 10.9. The molecule has 0 radical (unpaired) electrons. The van der Waals surface area contributed by atoms with Crippen molar-refractivity contribution in [1.82, 2.24) is 5.06 Å². The molecule has 2 aliphatic carbocycles. The van der Waals surface area contributed by atoms with Gasteiger partial charge in [-0.05, 0) is 49.9 Å². The van der Waals surface area contributed by atoms with E-state index in [-0.39, 0.29) is 41.8 Å². The maximum atomic E-state index is 14.3. The van der Waals surface area contributed by atoms with E-state index in [1.807, 2.05) is 6.08 Å². The van der Waals surface area contributed by atoms with Gasteiger partial charge >= 0.3 is 0 Å². The molecule has 2 N–H and O–H groups in total. The molecular weight excluding hydrogens is 543 g/mol. The number of nitrogens with zero attached hydrogens (tertiary/aromatic N) is 2. The van der Waals surface area contributed by atoms with Crippen molar-refractivity contribution in [2.24, 2.45) is 29.1 Å². The maximum absolute atomic E-state index is 14.3. The largest absolute Gasteiger partial charge is 0.491 e. The zero-order valence-electron chi connectivity index (χ0n) is 21.4. The molecule has 0 spiro atoms. The van der Waals surface area contributed by atoms with E-state index >= 15 is 0 Å². The van der Waals surface area contributed by atoms with Crippen LogP contribution in [0.15, 0.2) is 54.1 Å². The number of fused-ring (bicyclic) bond motifs is 4. The average Bonchev–Trinajstić information content (AvgIpc) is 3.28. The van der Waals surface area contributed by atoms with Gasteiger partial charge in [-0.2, -0.15) is 5.06 Å². The summed E-state index contributed by atoms with van der Waals surface area (Å²) in [6, 6.07) is 10.6. The molecule has 208 valence electrons. The number of allylic oxidation sites excluding steroid dienone is 2. The Bertz CT molecular complexity index is 1490. The lowest BCUT2D eigenvalue weighted by atomic mass is 9.51. The van der Waals surface area contributed by atoms with Gasteiger partial charge in [0, 0.05) is 11.5 Å². The van der Waals surface area contributed by atoms with Crippen molar-refractivity contribution in [3.8, 4) is 5.75 Å². The number of imide groups is 2. The summed E-state index contributed by atoms with van der Waals surface area (Å²) in [5, 5.41) is 19.5. The summed E-state index contributed by atoms with van der Waals surface area (Å²) in [5.41, 5.74) is 0.104. The standard InChI is InChI=1S/C29H26ClFN2O7/c1-29-19(26(36)32(28(29)38)14-6-9-21(31)20(30)12-14)13-18-15(7-8-17-23(18)27(37)33(39)25(17)35)24(29)16-4-2-3-5-22(16)40-11-10-34/h2-7,9,12,17-19,23-24,34,39H,8,10-11,13H2,1H3. The molecule has 2 saturated heterocycles. The van der Waals surface area contributed by atoms with Gasteiger partial charge < -0.3 is 9.84 Å². The summed E-state index contributed by atoms with van der Waals surface area (Å²) in [7, 11) is 0. The summed E-state index contributed by atoms with van der Waals surface area (Å²) < 4.78 is 19.8. The number of hydrogen-bond donors (Lipinski definition) is 2. The molecule has 2 aromatic rings. The molecule has 11 heteroatoms. The molecular formula is C29H26ClFN2O7. The van der Waals surface area contributed by atoms with Gasteiger partial charge in [0.1, 0.15) is 18.2 Å². The highest BCUT2D eigenvalue weighted by molar-refractivity contribution is 6.31. The number of rotatable bonds is 5. The van der Waals surface area contributed by atoms with Gasteiger partial charge in [-0.1, -0.05) is 41.4 Å². The Hall–Kier alpha value is -3.60. The molecule has 0 bridgehead atoms. The summed E-state index contributed by atoms with van der Waals surface area (Å²) >= 11 is 6.00. The number of ether oxygens (including phenoxy) is 1. The van der Waals surface area contributed by atoms with Crippen LogP contribution >= 0.6 is 11.6 Å². The number of carbonyl (C=O) groups is 4. The predicted molar refractivity (Wildman–Crippen MR) is 139 cm³/mol. The van der Waals surface area contributed by atoms with Crippen molar-refractivity contribution in [3.63, 3.8) is 0 Å². The summed E-state index contributed by atoms with van der Waals surface area (Å²) in [4.78, 5) is 55.2. The smallest absolute Gasteiger partial charge is 0.257 e. The SMILES string of the molecule is CC12C(=O)N(c3ccc(F)c(Cl)c3)C(=O)C1CC1C(=CCC3C(=O)N(O)C(=O)C31)C2c1ccccc1OCCO. The van der Waals surface area contributed by atoms with Gasteiger partial charge in [-0.25, -0.2) is 9.29 Å². The minimum absolute atomic E-state index is 0.00338. The Kier molecular flexibility index (Phi) is 6.32. The van der Waals surface area contributed by atoms with Crippen LogP contribution in [0.4, 0.5) is 10.1 Å². The Morgan fingerprint density at radius 1 is 1.07 bits per heavy atom. The lowest BCUT2D eigenvalue weighted by Crippen LogP contribution is -2.49. The average molecular weight is 569 g/mol. The summed E-state index contributed by atoms with van der Waals surface area (Å²) in [6.45, 7) is 1.46. The lowest BCUT2D eigenvalue weighted by molar-refractivity contribution is -0.173. The molecule has 9 nitrogen and oxygen atoms in total. The topological polar surface area (TPSA) is 124 Å². The van der Waals surface area contributed by atoms with E-state index in [1.165, 1.54) is 12.1 Å². The van der Waals surface area contributed by atoms with Crippen molar-refractivity contribution in [1.29, 1.82) is 0 Å². The van der Waals surface area contributed by atoms with Gasteiger partial charge in [0.05, 0.1) is 40.5 Å². The first kappa shape index (κ1) is 26.6. The molecule has 6 rings (SSSR count). The van der Waals surface area contributed by atoms with Gasteiger partial charge in [0.25, 0.3) is 11.8 Å². The van der Waals surface area contributed by atoms with Crippen molar-refractivity contribution in [2.45, 2.75) is 25.7 Å². The molecule has 4 amide bonds. The third-order valence-corrected chi connectivity index (χ3v) is 9.28. The molecule has 1 saturated carbocycles. The molecule has 2 heterocycles. The third-order valence-electron chi connectivity index (χ3n) is 8.99. The quantitative estimate of drug-likeness (QED) is 0.321.